The molecule has 1 aromatic carbocycles. The summed E-state index contributed by atoms with van der Waals surface area (Å²) >= 11 is 0. The molecule has 0 unspecified atom stereocenters. The lowest BCUT2D eigenvalue weighted by Gasteiger charge is -2.08. The van der Waals surface area contributed by atoms with E-state index in [1.807, 2.05) is 13.0 Å². The van der Waals surface area contributed by atoms with Gasteiger partial charge in [-0.25, -0.2) is 9.97 Å². The summed E-state index contributed by atoms with van der Waals surface area (Å²) in [6.07, 6.45) is 0. The van der Waals surface area contributed by atoms with Crippen molar-refractivity contribution < 1.29 is 9.47 Å². The van der Waals surface area contributed by atoms with Crippen LogP contribution in [0.4, 0.5) is 5.82 Å². The zero-order valence-corrected chi connectivity index (χ0v) is 11.3. The van der Waals surface area contributed by atoms with Crippen LogP contribution in [0.15, 0.2) is 24.3 Å². The molecule has 0 radical (unpaired) electrons. The van der Waals surface area contributed by atoms with Crippen molar-refractivity contribution >= 4 is 5.82 Å². The summed E-state index contributed by atoms with van der Waals surface area (Å²) in [7, 11) is 1.53. The third-order valence-electron chi connectivity index (χ3n) is 2.53. The summed E-state index contributed by atoms with van der Waals surface area (Å²) in [5.74, 6) is 1.97. The minimum atomic E-state index is 0.171. The second-order valence-electron chi connectivity index (χ2n) is 4.15. The van der Waals surface area contributed by atoms with Crippen LogP contribution in [0.25, 0.3) is 0 Å². The summed E-state index contributed by atoms with van der Waals surface area (Å²) in [5.41, 5.74) is 6.89. The van der Waals surface area contributed by atoms with Crippen molar-refractivity contribution in [3.05, 3.63) is 41.3 Å². The van der Waals surface area contributed by atoms with Crippen LogP contribution in [0, 0.1) is 18.3 Å². The van der Waals surface area contributed by atoms with E-state index in [1.165, 1.54) is 7.11 Å². The Morgan fingerprint density at radius 2 is 1.95 bits per heavy atom. The smallest absolute Gasteiger partial charge is 0.168 e. The summed E-state index contributed by atoms with van der Waals surface area (Å²) in [6, 6.07) is 8.68. The van der Waals surface area contributed by atoms with E-state index >= 15 is 0 Å². The van der Waals surface area contributed by atoms with Crippen molar-refractivity contribution in [1.29, 1.82) is 5.26 Å². The first-order chi connectivity index (χ1) is 9.60. The second kappa shape index (κ2) is 5.89. The first-order valence-electron chi connectivity index (χ1n) is 5.92. The quantitative estimate of drug-likeness (QED) is 0.910. The Balaban J connectivity index is 2.16. The van der Waals surface area contributed by atoms with Gasteiger partial charge in [0.15, 0.2) is 5.82 Å². The number of aromatic nitrogens is 2. The minimum absolute atomic E-state index is 0.171. The Bertz CT molecular complexity index is 644. The normalized spacial score (nSPS) is 9.85. The van der Waals surface area contributed by atoms with Crippen LogP contribution in [0.1, 0.15) is 17.1 Å². The summed E-state index contributed by atoms with van der Waals surface area (Å²) in [6.45, 7) is 2.00. The number of hydrogen-bond donors (Lipinski definition) is 1. The Kier molecular flexibility index (Phi) is 4.01. The van der Waals surface area contributed by atoms with E-state index in [0.29, 0.717) is 28.7 Å². The monoisotopic (exact) mass is 270 g/mol. The standard InChI is InChI=1S/C14H14N4O2/c1-9-3-13(16)18-14(17-9)8-20-12-5-10(7-15)4-11(6-12)19-2/h3-6H,8H2,1-2H3,(H2,16,17,18). The van der Waals surface area contributed by atoms with Crippen molar-refractivity contribution in [3.63, 3.8) is 0 Å². The second-order valence-corrected chi connectivity index (χ2v) is 4.15. The lowest BCUT2D eigenvalue weighted by molar-refractivity contribution is 0.293. The van der Waals surface area contributed by atoms with Gasteiger partial charge in [0.2, 0.25) is 0 Å². The molecule has 1 aromatic heterocycles. The van der Waals surface area contributed by atoms with Gasteiger partial charge >= 0.3 is 0 Å². The van der Waals surface area contributed by atoms with Gasteiger partial charge in [0.25, 0.3) is 0 Å². The molecule has 0 atom stereocenters. The van der Waals surface area contributed by atoms with Crippen LogP contribution in [0.3, 0.4) is 0 Å². The van der Waals surface area contributed by atoms with E-state index in [9.17, 15) is 0 Å². The summed E-state index contributed by atoms with van der Waals surface area (Å²) in [4.78, 5) is 8.30. The predicted octanol–water partition coefficient (Wildman–Crippen LogP) is 1.83. The Morgan fingerprint density at radius 1 is 1.20 bits per heavy atom. The number of benzene rings is 1. The molecule has 0 aliphatic heterocycles. The van der Waals surface area contributed by atoms with Crippen molar-refractivity contribution in [3.8, 4) is 17.6 Å². The van der Waals surface area contributed by atoms with Crippen LogP contribution in [0.5, 0.6) is 11.5 Å². The van der Waals surface area contributed by atoms with Gasteiger partial charge in [-0.2, -0.15) is 5.26 Å². The van der Waals surface area contributed by atoms with E-state index in [-0.39, 0.29) is 6.61 Å². The number of nitriles is 1. The van der Waals surface area contributed by atoms with Crippen molar-refractivity contribution in [1.82, 2.24) is 9.97 Å². The fourth-order valence-electron chi connectivity index (χ4n) is 1.71. The topological polar surface area (TPSA) is 94.0 Å². The van der Waals surface area contributed by atoms with Crippen LogP contribution in [-0.2, 0) is 6.61 Å². The van der Waals surface area contributed by atoms with Crippen molar-refractivity contribution in [2.75, 3.05) is 12.8 Å². The fraction of sp³-hybridized carbons (Fsp3) is 0.214. The first-order valence-corrected chi connectivity index (χ1v) is 5.92. The highest BCUT2D eigenvalue weighted by Gasteiger charge is 2.05. The van der Waals surface area contributed by atoms with Gasteiger partial charge in [0.05, 0.1) is 18.7 Å². The Hall–Kier alpha value is -2.81. The van der Waals surface area contributed by atoms with E-state index in [0.717, 1.165) is 5.69 Å². The molecular weight excluding hydrogens is 256 g/mol. The molecule has 2 rings (SSSR count). The highest BCUT2D eigenvalue weighted by atomic mass is 16.5. The number of ether oxygens (including phenoxy) is 2. The van der Waals surface area contributed by atoms with Crippen LogP contribution < -0.4 is 15.2 Å². The molecule has 0 amide bonds. The third kappa shape index (κ3) is 3.36. The molecule has 0 saturated carbocycles. The lowest BCUT2D eigenvalue weighted by Crippen LogP contribution is -2.05. The fourth-order valence-corrected chi connectivity index (χ4v) is 1.71. The van der Waals surface area contributed by atoms with Crippen LogP contribution in [0.2, 0.25) is 0 Å². The van der Waals surface area contributed by atoms with E-state index in [1.54, 1.807) is 24.3 Å². The lowest BCUT2D eigenvalue weighted by atomic mass is 10.2. The highest BCUT2D eigenvalue weighted by molar-refractivity contribution is 5.43. The SMILES string of the molecule is COc1cc(C#N)cc(OCc2nc(C)cc(N)n2)c1. The number of nitrogens with zero attached hydrogens (tertiary/aromatic N) is 3. The molecule has 102 valence electrons. The Morgan fingerprint density at radius 3 is 2.60 bits per heavy atom. The van der Waals surface area contributed by atoms with Gasteiger partial charge < -0.3 is 15.2 Å². The van der Waals surface area contributed by atoms with Gasteiger partial charge in [-0.1, -0.05) is 0 Å². The van der Waals surface area contributed by atoms with E-state index in [2.05, 4.69) is 9.97 Å². The molecule has 20 heavy (non-hydrogen) atoms. The molecule has 0 fully saturated rings. The maximum Gasteiger partial charge on any atom is 0.168 e. The van der Waals surface area contributed by atoms with Gasteiger partial charge in [-0.3, -0.25) is 0 Å². The van der Waals surface area contributed by atoms with Gasteiger partial charge in [0.1, 0.15) is 23.9 Å². The Labute approximate surface area is 116 Å². The number of nitrogens with two attached hydrogens (primary N) is 1. The summed E-state index contributed by atoms with van der Waals surface area (Å²) < 4.78 is 10.7. The number of hydrogen-bond acceptors (Lipinski definition) is 6. The van der Waals surface area contributed by atoms with E-state index in [4.69, 9.17) is 20.5 Å². The third-order valence-corrected chi connectivity index (χ3v) is 2.53. The largest absolute Gasteiger partial charge is 0.497 e. The maximum atomic E-state index is 8.94. The van der Waals surface area contributed by atoms with Gasteiger partial charge in [-0.05, 0) is 19.1 Å². The number of aryl methyl sites for hydroxylation is 1. The number of methoxy groups -OCH3 is 1. The number of anilines is 1. The molecule has 2 N–H and O–H groups in total. The van der Waals surface area contributed by atoms with Crippen molar-refractivity contribution in [2.24, 2.45) is 0 Å². The maximum absolute atomic E-state index is 8.94. The molecule has 0 aliphatic rings. The molecule has 6 heteroatoms. The van der Waals surface area contributed by atoms with E-state index < -0.39 is 0 Å². The zero-order chi connectivity index (χ0) is 14.5. The molecule has 6 nitrogen and oxygen atoms in total. The van der Waals surface area contributed by atoms with Gasteiger partial charge in [-0.15, -0.1) is 0 Å². The van der Waals surface area contributed by atoms with Crippen LogP contribution >= 0.6 is 0 Å². The first kappa shape index (κ1) is 13.6. The molecule has 0 aliphatic carbocycles. The minimum Gasteiger partial charge on any atom is -0.497 e. The average Bonchev–Trinajstić information content (AvgIpc) is 2.43. The number of nitrogen functional groups attached to an aromatic ring is 1. The van der Waals surface area contributed by atoms with Crippen LogP contribution in [-0.4, -0.2) is 17.1 Å². The highest BCUT2D eigenvalue weighted by Crippen LogP contribution is 2.22. The number of rotatable bonds is 4. The molecule has 0 spiro atoms. The molecule has 1 heterocycles. The molecule has 0 saturated heterocycles. The van der Waals surface area contributed by atoms with Crippen molar-refractivity contribution in [2.45, 2.75) is 13.5 Å². The molecule has 2 aromatic rings. The average molecular weight is 270 g/mol. The summed E-state index contributed by atoms with van der Waals surface area (Å²) in [5, 5.41) is 8.94. The predicted molar refractivity (Wildman–Crippen MR) is 73.2 cm³/mol. The molecular formula is C14H14N4O2. The molecule has 0 bridgehead atoms. The van der Waals surface area contributed by atoms with Gasteiger partial charge in [0, 0.05) is 17.8 Å². The zero-order valence-electron chi connectivity index (χ0n) is 11.3.